The summed E-state index contributed by atoms with van der Waals surface area (Å²) in [6.45, 7) is 1.64. The van der Waals surface area contributed by atoms with E-state index in [1.54, 1.807) is 6.92 Å². The number of carbonyl (C=O) groups excluding carboxylic acids is 1. The van der Waals surface area contributed by atoms with Gasteiger partial charge in [-0.05, 0) is 6.92 Å². The summed E-state index contributed by atoms with van der Waals surface area (Å²) >= 11 is 0. The van der Waals surface area contributed by atoms with Gasteiger partial charge in [0.1, 0.15) is 0 Å². The van der Waals surface area contributed by atoms with Crippen molar-refractivity contribution in [3.8, 4) is 11.8 Å². The summed E-state index contributed by atoms with van der Waals surface area (Å²) in [5, 5.41) is 5.23. The van der Waals surface area contributed by atoms with Gasteiger partial charge in [-0.1, -0.05) is 5.92 Å². The van der Waals surface area contributed by atoms with E-state index >= 15 is 0 Å². The Hall–Kier alpha value is -1.87. The third-order valence-corrected chi connectivity index (χ3v) is 1.98. The molecule has 14 heavy (non-hydrogen) atoms. The van der Waals surface area contributed by atoms with Crippen LogP contribution in [0.15, 0.2) is 9.98 Å². The highest BCUT2D eigenvalue weighted by Gasteiger charge is 2.48. The lowest BCUT2D eigenvalue weighted by atomic mass is 9.98. The Balaban J connectivity index is 2.53. The monoisotopic (exact) mass is 191 g/mol. The maximum absolute atomic E-state index is 11.7. The Bertz CT molecular complexity index is 402. The second kappa shape index (κ2) is 2.82. The van der Waals surface area contributed by atoms with Crippen LogP contribution in [0.2, 0.25) is 0 Å². The van der Waals surface area contributed by atoms with Crippen LogP contribution in [-0.4, -0.2) is 29.9 Å². The molecule has 0 spiro atoms. The van der Waals surface area contributed by atoms with Crippen LogP contribution < -0.4 is 16.4 Å². The highest BCUT2D eigenvalue weighted by Crippen LogP contribution is 2.18. The van der Waals surface area contributed by atoms with Crippen molar-refractivity contribution in [1.29, 1.82) is 0 Å². The van der Waals surface area contributed by atoms with Gasteiger partial charge >= 0.3 is 0 Å². The van der Waals surface area contributed by atoms with E-state index in [0.717, 1.165) is 0 Å². The normalized spacial score (nSPS) is 33.4. The number of nitrogens with zero attached hydrogens (tertiary/aromatic N) is 2. The molecular weight excluding hydrogens is 182 g/mol. The van der Waals surface area contributed by atoms with Crippen LogP contribution >= 0.6 is 0 Å². The molecule has 0 saturated heterocycles. The Morgan fingerprint density at radius 3 is 3.21 bits per heavy atom. The first-order valence-electron chi connectivity index (χ1n) is 4.08. The van der Waals surface area contributed by atoms with Gasteiger partial charge in [0.05, 0.1) is 6.34 Å². The fraction of sp³-hybridized carbons (Fsp3) is 0.375. The number of carbonyl (C=O) groups is 1. The SMILES string of the molecule is CC#CC12N=CNC1=NC(N)NC2=O. The fourth-order valence-corrected chi connectivity index (χ4v) is 1.39. The molecule has 2 heterocycles. The lowest BCUT2D eigenvalue weighted by Gasteiger charge is -2.26. The van der Waals surface area contributed by atoms with Crippen molar-refractivity contribution in [2.75, 3.05) is 0 Å². The molecule has 2 rings (SSSR count). The van der Waals surface area contributed by atoms with Crippen LogP contribution in [0.25, 0.3) is 0 Å². The molecule has 0 radical (unpaired) electrons. The van der Waals surface area contributed by atoms with E-state index < -0.39 is 11.8 Å². The molecule has 0 aliphatic carbocycles. The maximum Gasteiger partial charge on any atom is 0.271 e. The first-order chi connectivity index (χ1) is 6.69. The molecule has 6 heteroatoms. The number of amides is 1. The highest BCUT2D eigenvalue weighted by molar-refractivity contribution is 6.22. The largest absolute Gasteiger partial charge is 0.332 e. The van der Waals surface area contributed by atoms with Crippen LogP contribution in [0.4, 0.5) is 0 Å². The maximum atomic E-state index is 11.7. The quantitative estimate of drug-likeness (QED) is 0.392. The van der Waals surface area contributed by atoms with E-state index in [2.05, 4.69) is 32.5 Å². The fourth-order valence-electron chi connectivity index (χ4n) is 1.39. The Morgan fingerprint density at radius 2 is 2.50 bits per heavy atom. The summed E-state index contributed by atoms with van der Waals surface area (Å²) in [5.74, 6) is 5.43. The summed E-state index contributed by atoms with van der Waals surface area (Å²) in [4.78, 5) is 19.7. The predicted molar refractivity (Wildman–Crippen MR) is 51.4 cm³/mol. The van der Waals surface area contributed by atoms with Gasteiger partial charge in [-0.2, -0.15) is 0 Å². The summed E-state index contributed by atoms with van der Waals surface area (Å²) in [7, 11) is 0. The van der Waals surface area contributed by atoms with E-state index in [0.29, 0.717) is 5.84 Å². The molecule has 0 fully saturated rings. The topological polar surface area (TPSA) is 91.9 Å². The average molecular weight is 191 g/mol. The zero-order chi connectivity index (χ0) is 10.2. The van der Waals surface area contributed by atoms with Gasteiger partial charge in [0, 0.05) is 0 Å². The summed E-state index contributed by atoms with van der Waals surface area (Å²) in [5.41, 5.74) is 4.27. The van der Waals surface area contributed by atoms with E-state index in [9.17, 15) is 4.79 Å². The van der Waals surface area contributed by atoms with Crippen LogP contribution in [0, 0.1) is 11.8 Å². The molecule has 0 saturated carbocycles. The van der Waals surface area contributed by atoms with E-state index in [4.69, 9.17) is 5.73 Å². The zero-order valence-electron chi connectivity index (χ0n) is 7.53. The molecule has 0 aromatic carbocycles. The molecule has 6 nitrogen and oxygen atoms in total. The Morgan fingerprint density at radius 1 is 1.71 bits per heavy atom. The standard InChI is InChI=1S/C8H9N5O/c1-2-3-8-5(10-4-11-8)12-7(9)13-6(8)14/h4,7H,9H2,1H3,(H,13,14)(H,10,11,12). The van der Waals surface area contributed by atoms with Crippen LogP contribution in [0.3, 0.4) is 0 Å². The summed E-state index contributed by atoms with van der Waals surface area (Å²) in [6.07, 6.45) is 0.680. The lowest BCUT2D eigenvalue weighted by Crippen LogP contribution is -2.60. The first-order valence-corrected chi connectivity index (χ1v) is 4.08. The highest BCUT2D eigenvalue weighted by atomic mass is 16.2. The van der Waals surface area contributed by atoms with Crippen LogP contribution in [0.5, 0.6) is 0 Å². The smallest absolute Gasteiger partial charge is 0.271 e. The molecule has 2 atom stereocenters. The van der Waals surface area contributed by atoms with Gasteiger partial charge in [-0.15, -0.1) is 5.92 Å². The summed E-state index contributed by atoms with van der Waals surface area (Å²) < 4.78 is 0. The van der Waals surface area contributed by atoms with Crippen molar-refractivity contribution in [3.05, 3.63) is 0 Å². The Labute approximate surface area is 80.7 Å². The lowest BCUT2D eigenvalue weighted by molar-refractivity contribution is -0.123. The molecule has 0 aromatic heterocycles. The van der Waals surface area contributed by atoms with Crippen LogP contribution in [-0.2, 0) is 4.79 Å². The number of hydrogen-bond acceptors (Lipinski definition) is 5. The van der Waals surface area contributed by atoms with Crippen molar-refractivity contribution < 1.29 is 4.79 Å². The predicted octanol–water partition coefficient (Wildman–Crippen LogP) is -1.85. The molecule has 1 amide bonds. The number of nitrogens with two attached hydrogens (primary N) is 1. The average Bonchev–Trinajstić information content (AvgIpc) is 2.50. The second-order valence-corrected chi connectivity index (χ2v) is 2.88. The van der Waals surface area contributed by atoms with Gasteiger partial charge in [-0.25, -0.2) is 9.98 Å². The number of aliphatic imine (C=N–C) groups is 2. The number of amidine groups is 1. The van der Waals surface area contributed by atoms with E-state index in [-0.39, 0.29) is 5.91 Å². The molecule has 72 valence electrons. The molecule has 0 bridgehead atoms. The molecule has 2 aliphatic rings. The minimum atomic E-state index is -1.20. The van der Waals surface area contributed by atoms with Gasteiger partial charge in [-0.3, -0.25) is 10.5 Å². The van der Waals surface area contributed by atoms with Gasteiger partial charge in [0.15, 0.2) is 12.1 Å². The molecule has 2 aliphatic heterocycles. The Kier molecular flexibility index (Phi) is 1.75. The minimum absolute atomic E-state index is 0.342. The van der Waals surface area contributed by atoms with Crippen molar-refractivity contribution in [3.63, 3.8) is 0 Å². The van der Waals surface area contributed by atoms with E-state index in [1.807, 2.05) is 0 Å². The van der Waals surface area contributed by atoms with Crippen molar-refractivity contribution in [1.82, 2.24) is 10.6 Å². The van der Waals surface area contributed by atoms with Gasteiger partial charge in [0.2, 0.25) is 0 Å². The summed E-state index contributed by atoms with van der Waals surface area (Å²) in [6, 6.07) is 0. The third kappa shape index (κ3) is 0.995. The second-order valence-electron chi connectivity index (χ2n) is 2.88. The molecule has 0 aromatic rings. The van der Waals surface area contributed by atoms with E-state index in [1.165, 1.54) is 6.34 Å². The zero-order valence-corrected chi connectivity index (χ0v) is 7.53. The number of rotatable bonds is 0. The third-order valence-electron chi connectivity index (χ3n) is 1.98. The van der Waals surface area contributed by atoms with Crippen molar-refractivity contribution in [2.45, 2.75) is 18.8 Å². The number of hydrogen-bond donors (Lipinski definition) is 3. The minimum Gasteiger partial charge on any atom is -0.332 e. The van der Waals surface area contributed by atoms with Crippen molar-refractivity contribution in [2.24, 2.45) is 15.7 Å². The molecular formula is C8H9N5O. The van der Waals surface area contributed by atoms with Gasteiger partial charge < -0.3 is 10.6 Å². The number of nitrogens with one attached hydrogen (secondary N) is 2. The van der Waals surface area contributed by atoms with Crippen LogP contribution in [0.1, 0.15) is 6.92 Å². The number of fused-ring (bicyclic) bond motifs is 1. The first kappa shape index (κ1) is 8.72. The van der Waals surface area contributed by atoms with Crippen molar-refractivity contribution >= 4 is 18.1 Å². The molecule has 2 unspecified atom stereocenters. The molecule has 4 N–H and O–H groups in total. The van der Waals surface area contributed by atoms with Gasteiger partial charge in [0.25, 0.3) is 11.4 Å².